The van der Waals surface area contributed by atoms with E-state index in [0.29, 0.717) is 5.56 Å². The number of rotatable bonds is 7. The highest BCUT2D eigenvalue weighted by Gasteiger charge is 2.18. The Morgan fingerprint density at radius 2 is 1.94 bits per heavy atom. The molecule has 0 aromatic heterocycles. The number of carbonyl (C=O) groups excluding carboxylic acids is 1. The average molecular weight is 453 g/mol. The third kappa shape index (κ3) is 5.75. The molecule has 4 rings (SSSR count). The summed E-state index contributed by atoms with van der Waals surface area (Å²) in [7, 11) is 0. The van der Waals surface area contributed by atoms with Gasteiger partial charge in [0.1, 0.15) is 0 Å². The van der Waals surface area contributed by atoms with Crippen molar-refractivity contribution in [3.63, 3.8) is 0 Å². The van der Waals surface area contributed by atoms with E-state index in [1.165, 1.54) is 48.1 Å². The van der Waals surface area contributed by atoms with Crippen LogP contribution in [0, 0.1) is 6.92 Å². The third-order valence-electron chi connectivity index (χ3n) is 5.99. The van der Waals surface area contributed by atoms with E-state index in [0.717, 1.165) is 46.7 Å². The van der Waals surface area contributed by atoms with Crippen LogP contribution >= 0.6 is 23.5 Å². The fraction of sp³-hybridized carbons (Fsp3) is 0.462. The summed E-state index contributed by atoms with van der Waals surface area (Å²) in [6, 6.07) is 12.5. The highest BCUT2D eigenvalue weighted by atomic mass is 32.2. The van der Waals surface area contributed by atoms with Crippen molar-refractivity contribution in [2.75, 3.05) is 12.3 Å². The highest BCUT2D eigenvalue weighted by Crippen LogP contribution is 2.41. The van der Waals surface area contributed by atoms with Crippen LogP contribution in [0.2, 0.25) is 0 Å². The molecule has 0 spiro atoms. The lowest BCUT2D eigenvalue weighted by atomic mass is 10.0. The van der Waals surface area contributed by atoms with E-state index in [4.69, 9.17) is 4.99 Å². The third-order valence-corrected chi connectivity index (χ3v) is 8.60. The molecule has 3 nitrogen and oxygen atoms in total. The van der Waals surface area contributed by atoms with Crippen molar-refractivity contribution in [1.82, 2.24) is 5.32 Å². The van der Waals surface area contributed by atoms with Crippen molar-refractivity contribution >= 4 is 40.8 Å². The lowest BCUT2D eigenvalue weighted by Gasteiger charge is -2.20. The van der Waals surface area contributed by atoms with Crippen molar-refractivity contribution in [2.45, 2.75) is 73.8 Å². The Kier molecular flexibility index (Phi) is 7.78. The van der Waals surface area contributed by atoms with Gasteiger partial charge in [-0.3, -0.25) is 9.79 Å². The highest BCUT2D eigenvalue weighted by molar-refractivity contribution is 8.00. The summed E-state index contributed by atoms with van der Waals surface area (Å²) in [6.07, 6.45) is 8.81. The van der Waals surface area contributed by atoms with Gasteiger partial charge in [-0.15, -0.1) is 0 Å². The first kappa shape index (κ1) is 22.5. The van der Waals surface area contributed by atoms with Gasteiger partial charge in [-0.2, -0.15) is 11.8 Å². The summed E-state index contributed by atoms with van der Waals surface area (Å²) in [6.45, 7) is 4.99. The SMILES string of the molecule is CCC1=Nc2cc(C(=O)NCCCSC3CCCCC3)ccc2Sc2ccc(C)cc21. The van der Waals surface area contributed by atoms with E-state index in [1.54, 1.807) is 11.8 Å². The quantitative estimate of drug-likeness (QED) is 0.453. The molecule has 0 radical (unpaired) electrons. The van der Waals surface area contributed by atoms with Gasteiger partial charge >= 0.3 is 0 Å². The summed E-state index contributed by atoms with van der Waals surface area (Å²) >= 11 is 3.83. The molecule has 0 atom stereocenters. The predicted molar refractivity (Wildman–Crippen MR) is 135 cm³/mol. The van der Waals surface area contributed by atoms with Crippen LogP contribution in [0.25, 0.3) is 0 Å². The molecule has 1 amide bonds. The molecule has 5 heteroatoms. The Labute approximate surface area is 194 Å². The lowest BCUT2D eigenvalue weighted by Crippen LogP contribution is -2.25. The van der Waals surface area contributed by atoms with Gasteiger partial charge in [0, 0.05) is 38.4 Å². The molecule has 0 saturated heterocycles. The number of benzene rings is 2. The smallest absolute Gasteiger partial charge is 0.251 e. The number of nitrogens with zero attached hydrogens (tertiary/aromatic N) is 1. The first-order chi connectivity index (χ1) is 15.1. The average Bonchev–Trinajstić information content (AvgIpc) is 2.95. The van der Waals surface area contributed by atoms with Crippen LogP contribution in [-0.4, -0.2) is 29.2 Å². The van der Waals surface area contributed by atoms with Crippen molar-refractivity contribution in [2.24, 2.45) is 4.99 Å². The standard InChI is InChI=1S/C26H32N2OS2/c1-3-22-21-16-18(2)10-12-24(21)31-25-13-11-19(17-23(25)28-22)26(29)27-14-7-15-30-20-8-5-4-6-9-20/h10-13,16-17,20H,3-9,14-15H2,1-2H3,(H,27,29). The largest absolute Gasteiger partial charge is 0.352 e. The van der Waals surface area contributed by atoms with Crippen molar-refractivity contribution in [3.05, 3.63) is 53.1 Å². The molecule has 1 saturated carbocycles. The summed E-state index contributed by atoms with van der Waals surface area (Å²) in [5.74, 6) is 1.13. The van der Waals surface area contributed by atoms with Crippen LogP contribution in [0.1, 0.15) is 73.4 Å². The molecule has 0 unspecified atom stereocenters. The van der Waals surface area contributed by atoms with Gasteiger partial charge in [0.15, 0.2) is 0 Å². The van der Waals surface area contributed by atoms with Gasteiger partial charge in [-0.05, 0) is 68.7 Å². The van der Waals surface area contributed by atoms with Crippen molar-refractivity contribution < 1.29 is 4.79 Å². The molecule has 1 aliphatic heterocycles. The lowest BCUT2D eigenvalue weighted by molar-refractivity contribution is 0.0953. The Bertz CT molecular complexity index is 964. The number of aryl methyl sites for hydroxylation is 1. The van der Waals surface area contributed by atoms with Gasteiger partial charge in [0.05, 0.1) is 5.69 Å². The maximum atomic E-state index is 12.7. The molecule has 2 aromatic carbocycles. The van der Waals surface area contributed by atoms with Gasteiger partial charge in [0.2, 0.25) is 0 Å². The Balaban J connectivity index is 1.38. The van der Waals surface area contributed by atoms with E-state index in [9.17, 15) is 4.79 Å². The minimum atomic E-state index is 0.00122. The van der Waals surface area contributed by atoms with E-state index in [-0.39, 0.29) is 5.91 Å². The number of fused-ring (bicyclic) bond motifs is 2. The molecule has 1 heterocycles. The van der Waals surface area contributed by atoms with Crippen LogP contribution in [0.3, 0.4) is 0 Å². The van der Waals surface area contributed by atoms with E-state index in [1.807, 2.05) is 18.2 Å². The number of nitrogens with one attached hydrogen (secondary N) is 1. The molecule has 1 aliphatic carbocycles. The second-order valence-electron chi connectivity index (χ2n) is 8.44. The topological polar surface area (TPSA) is 41.5 Å². The molecular weight excluding hydrogens is 420 g/mol. The van der Waals surface area contributed by atoms with Gasteiger partial charge in [0.25, 0.3) is 5.91 Å². The molecule has 2 aliphatic rings. The van der Waals surface area contributed by atoms with Crippen molar-refractivity contribution in [1.29, 1.82) is 0 Å². The molecular formula is C26H32N2OS2. The van der Waals surface area contributed by atoms with Gasteiger partial charge < -0.3 is 5.32 Å². The minimum Gasteiger partial charge on any atom is -0.352 e. The van der Waals surface area contributed by atoms with Crippen LogP contribution in [-0.2, 0) is 0 Å². The zero-order valence-corrected chi connectivity index (χ0v) is 20.2. The molecule has 1 fully saturated rings. The zero-order chi connectivity index (χ0) is 21.6. The summed E-state index contributed by atoms with van der Waals surface area (Å²) < 4.78 is 0. The maximum Gasteiger partial charge on any atom is 0.251 e. The molecule has 2 aromatic rings. The monoisotopic (exact) mass is 452 g/mol. The first-order valence-corrected chi connectivity index (χ1v) is 13.4. The first-order valence-electron chi connectivity index (χ1n) is 11.5. The van der Waals surface area contributed by atoms with Crippen LogP contribution < -0.4 is 5.32 Å². The second kappa shape index (κ2) is 10.7. The Morgan fingerprint density at radius 1 is 1.13 bits per heavy atom. The number of hydrogen-bond donors (Lipinski definition) is 1. The normalized spacial score (nSPS) is 16.1. The number of carbonyl (C=O) groups is 1. The summed E-state index contributed by atoms with van der Waals surface area (Å²) in [5, 5.41) is 3.94. The number of hydrogen-bond acceptors (Lipinski definition) is 4. The van der Waals surface area contributed by atoms with E-state index < -0.39 is 0 Å². The van der Waals surface area contributed by atoms with E-state index in [2.05, 4.69) is 49.1 Å². The fourth-order valence-corrected chi connectivity index (χ4v) is 6.56. The summed E-state index contributed by atoms with van der Waals surface area (Å²) in [4.78, 5) is 20.0. The number of aliphatic imine (C=N–C) groups is 1. The molecule has 31 heavy (non-hydrogen) atoms. The van der Waals surface area contributed by atoms with Crippen LogP contribution in [0.5, 0.6) is 0 Å². The van der Waals surface area contributed by atoms with E-state index >= 15 is 0 Å². The number of thioether (sulfide) groups is 1. The van der Waals surface area contributed by atoms with Crippen LogP contribution in [0.15, 0.2) is 51.2 Å². The fourth-order valence-electron chi connectivity index (χ4n) is 4.24. The predicted octanol–water partition coefficient (Wildman–Crippen LogP) is 7.18. The maximum absolute atomic E-state index is 12.7. The minimum absolute atomic E-state index is 0.00122. The van der Waals surface area contributed by atoms with Gasteiger partial charge in [-0.25, -0.2) is 0 Å². The molecule has 0 bridgehead atoms. The zero-order valence-electron chi connectivity index (χ0n) is 18.6. The number of amides is 1. The molecule has 164 valence electrons. The molecule has 1 N–H and O–H groups in total. The Morgan fingerprint density at radius 3 is 2.74 bits per heavy atom. The Hall–Kier alpha value is -1.72. The van der Waals surface area contributed by atoms with Gasteiger partial charge in [-0.1, -0.05) is 49.6 Å². The second-order valence-corrected chi connectivity index (χ2v) is 10.9. The van der Waals surface area contributed by atoms with Crippen molar-refractivity contribution in [3.8, 4) is 0 Å². The van der Waals surface area contributed by atoms with Crippen LogP contribution in [0.4, 0.5) is 5.69 Å². The summed E-state index contributed by atoms with van der Waals surface area (Å²) in [5.41, 5.74) is 5.14.